The van der Waals surface area contributed by atoms with Crippen LogP contribution in [0.15, 0.2) is 48.5 Å². The van der Waals surface area contributed by atoms with E-state index in [0.29, 0.717) is 23.8 Å². The lowest BCUT2D eigenvalue weighted by Gasteiger charge is -2.20. The summed E-state index contributed by atoms with van der Waals surface area (Å²) in [5, 5.41) is 3.80. The summed E-state index contributed by atoms with van der Waals surface area (Å²) < 4.78 is 10.0. The lowest BCUT2D eigenvalue weighted by molar-refractivity contribution is -0.142. The fraction of sp³-hybridized carbons (Fsp3) is 0.435. The van der Waals surface area contributed by atoms with E-state index in [9.17, 15) is 4.79 Å². The normalized spacial score (nSPS) is 20.3. The molecule has 3 atom stereocenters. The molecule has 4 nitrogen and oxygen atoms in total. The number of ether oxygens (including phenoxy) is 2. The SMILES string of the molecule is COC(=O)COc1ccc([C@@H]2CCC(NC(C)c3cccc(C)c3)C2)cc1. The topological polar surface area (TPSA) is 47.6 Å². The standard InChI is InChI=1S/C23H29NO3/c1-16-5-4-6-19(13-16)17(2)24-21-10-7-20(14-21)18-8-11-22(12-9-18)27-15-23(25)26-3/h4-6,8-9,11-13,17,20-21,24H,7,10,14-15H2,1-3H3/t17?,20-,21?/m1/s1. The van der Waals surface area contributed by atoms with Crippen LogP contribution in [0.5, 0.6) is 5.75 Å². The molecule has 0 aliphatic heterocycles. The monoisotopic (exact) mass is 367 g/mol. The minimum absolute atomic E-state index is 0.0535. The molecule has 1 aliphatic carbocycles. The Bertz CT molecular complexity index is 756. The van der Waals surface area contributed by atoms with Crippen LogP contribution in [-0.2, 0) is 9.53 Å². The van der Waals surface area contributed by atoms with Gasteiger partial charge in [-0.2, -0.15) is 0 Å². The molecule has 0 bridgehead atoms. The van der Waals surface area contributed by atoms with Crippen molar-refractivity contribution in [1.82, 2.24) is 5.32 Å². The van der Waals surface area contributed by atoms with Gasteiger partial charge in [-0.1, -0.05) is 42.0 Å². The predicted octanol–water partition coefficient (Wildman–Crippen LogP) is 4.53. The van der Waals surface area contributed by atoms with E-state index in [1.807, 2.05) is 12.1 Å². The first-order valence-corrected chi connectivity index (χ1v) is 9.67. The number of carbonyl (C=O) groups excluding carboxylic acids is 1. The second-order valence-electron chi connectivity index (χ2n) is 7.44. The minimum Gasteiger partial charge on any atom is -0.482 e. The molecule has 1 N–H and O–H groups in total. The maximum absolute atomic E-state index is 11.2. The molecule has 0 amide bonds. The average molecular weight is 367 g/mol. The van der Waals surface area contributed by atoms with Crippen molar-refractivity contribution in [2.75, 3.05) is 13.7 Å². The van der Waals surface area contributed by atoms with E-state index in [4.69, 9.17) is 4.74 Å². The first kappa shape index (κ1) is 19.4. The zero-order valence-corrected chi connectivity index (χ0v) is 16.4. The van der Waals surface area contributed by atoms with Crippen molar-refractivity contribution < 1.29 is 14.3 Å². The van der Waals surface area contributed by atoms with Gasteiger partial charge >= 0.3 is 5.97 Å². The van der Waals surface area contributed by atoms with Crippen LogP contribution >= 0.6 is 0 Å². The summed E-state index contributed by atoms with van der Waals surface area (Å²) in [4.78, 5) is 11.2. The van der Waals surface area contributed by atoms with Crippen LogP contribution in [0.25, 0.3) is 0 Å². The van der Waals surface area contributed by atoms with Crippen molar-refractivity contribution in [2.24, 2.45) is 0 Å². The van der Waals surface area contributed by atoms with Gasteiger partial charge in [0.2, 0.25) is 0 Å². The van der Waals surface area contributed by atoms with Gasteiger partial charge in [0.05, 0.1) is 7.11 Å². The Balaban J connectivity index is 1.52. The third kappa shape index (κ3) is 5.33. The molecular weight excluding hydrogens is 338 g/mol. The van der Waals surface area contributed by atoms with Crippen molar-refractivity contribution in [3.63, 3.8) is 0 Å². The van der Waals surface area contributed by atoms with E-state index in [1.165, 1.54) is 36.6 Å². The zero-order chi connectivity index (χ0) is 19.2. The van der Waals surface area contributed by atoms with Crippen molar-refractivity contribution in [1.29, 1.82) is 0 Å². The van der Waals surface area contributed by atoms with Gasteiger partial charge in [-0.3, -0.25) is 0 Å². The van der Waals surface area contributed by atoms with E-state index < -0.39 is 0 Å². The number of aryl methyl sites for hydroxylation is 1. The Labute approximate surface area is 161 Å². The summed E-state index contributed by atoms with van der Waals surface area (Å²) in [7, 11) is 1.36. The van der Waals surface area contributed by atoms with E-state index >= 15 is 0 Å². The van der Waals surface area contributed by atoms with Crippen LogP contribution in [0.2, 0.25) is 0 Å². The molecule has 0 saturated heterocycles. The predicted molar refractivity (Wildman–Crippen MR) is 107 cm³/mol. The third-order valence-corrected chi connectivity index (χ3v) is 5.40. The molecule has 2 aromatic rings. The summed E-state index contributed by atoms with van der Waals surface area (Å²) in [6.07, 6.45) is 3.54. The molecule has 4 heteroatoms. The molecule has 3 rings (SSSR count). The average Bonchev–Trinajstić information content (AvgIpc) is 3.15. The molecule has 2 unspecified atom stereocenters. The lowest BCUT2D eigenvalue weighted by atomic mass is 9.97. The second kappa shape index (κ2) is 9.05. The smallest absolute Gasteiger partial charge is 0.343 e. The summed E-state index contributed by atoms with van der Waals surface area (Å²) >= 11 is 0. The molecule has 2 aromatic carbocycles. The van der Waals surface area contributed by atoms with Crippen LogP contribution < -0.4 is 10.1 Å². The van der Waals surface area contributed by atoms with Gasteiger partial charge in [0.1, 0.15) is 5.75 Å². The second-order valence-corrected chi connectivity index (χ2v) is 7.44. The van der Waals surface area contributed by atoms with E-state index in [0.717, 1.165) is 6.42 Å². The number of nitrogens with one attached hydrogen (secondary N) is 1. The maximum Gasteiger partial charge on any atom is 0.343 e. The largest absolute Gasteiger partial charge is 0.482 e. The van der Waals surface area contributed by atoms with Gasteiger partial charge in [0, 0.05) is 12.1 Å². The number of methoxy groups -OCH3 is 1. The molecule has 1 saturated carbocycles. The van der Waals surface area contributed by atoms with Crippen LogP contribution in [-0.4, -0.2) is 25.7 Å². The van der Waals surface area contributed by atoms with Gasteiger partial charge in [0.25, 0.3) is 0 Å². The van der Waals surface area contributed by atoms with Crippen molar-refractivity contribution in [3.05, 3.63) is 65.2 Å². The number of esters is 1. The fourth-order valence-electron chi connectivity index (χ4n) is 3.86. The molecule has 0 heterocycles. The van der Waals surface area contributed by atoms with Gasteiger partial charge in [-0.15, -0.1) is 0 Å². The van der Waals surface area contributed by atoms with Gasteiger partial charge in [-0.05, 0) is 62.3 Å². The van der Waals surface area contributed by atoms with Crippen molar-refractivity contribution >= 4 is 5.97 Å². The number of carbonyl (C=O) groups is 1. The highest BCUT2D eigenvalue weighted by Crippen LogP contribution is 2.36. The van der Waals surface area contributed by atoms with Crippen LogP contribution in [0.1, 0.15) is 54.8 Å². The summed E-state index contributed by atoms with van der Waals surface area (Å²) in [5.74, 6) is 0.901. The summed E-state index contributed by atoms with van der Waals surface area (Å²) in [5.41, 5.74) is 4.00. The Morgan fingerprint density at radius 1 is 1.19 bits per heavy atom. The van der Waals surface area contributed by atoms with Crippen molar-refractivity contribution in [3.8, 4) is 5.75 Å². The summed E-state index contributed by atoms with van der Waals surface area (Å²) in [6, 6.07) is 17.7. The first-order chi connectivity index (χ1) is 13.0. The zero-order valence-electron chi connectivity index (χ0n) is 16.4. The number of benzene rings is 2. The maximum atomic E-state index is 11.2. The number of hydrogen-bond donors (Lipinski definition) is 1. The summed E-state index contributed by atoms with van der Waals surface area (Å²) in [6.45, 7) is 4.33. The first-order valence-electron chi connectivity index (χ1n) is 9.67. The van der Waals surface area contributed by atoms with Crippen LogP contribution in [0, 0.1) is 6.92 Å². The van der Waals surface area contributed by atoms with E-state index in [2.05, 4.69) is 60.3 Å². The molecule has 144 valence electrons. The number of rotatable bonds is 7. The Kier molecular flexibility index (Phi) is 6.51. The van der Waals surface area contributed by atoms with E-state index in [-0.39, 0.29) is 12.6 Å². The highest BCUT2D eigenvalue weighted by atomic mass is 16.6. The van der Waals surface area contributed by atoms with Crippen LogP contribution in [0.4, 0.5) is 0 Å². The molecule has 1 aliphatic rings. The van der Waals surface area contributed by atoms with Gasteiger partial charge < -0.3 is 14.8 Å². The fourth-order valence-corrected chi connectivity index (χ4v) is 3.86. The highest BCUT2D eigenvalue weighted by Gasteiger charge is 2.27. The van der Waals surface area contributed by atoms with Crippen LogP contribution in [0.3, 0.4) is 0 Å². The van der Waals surface area contributed by atoms with Gasteiger partial charge in [0.15, 0.2) is 6.61 Å². The quantitative estimate of drug-likeness (QED) is 0.730. The molecular formula is C23H29NO3. The number of hydrogen-bond acceptors (Lipinski definition) is 4. The molecule has 0 spiro atoms. The Morgan fingerprint density at radius 2 is 1.96 bits per heavy atom. The molecule has 1 fully saturated rings. The Hall–Kier alpha value is -2.33. The molecule has 0 aromatic heterocycles. The third-order valence-electron chi connectivity index (χ3n) is 5.40. The lowest BCUT2D eigenvalue weighted by Crippen LogP contribution is -2.29. The highest BCUT2D eigenvalue weighted by molar-refractivity contribution is 5.70. The van der Waals surface area contributed by atoms with E-state index in [1.54, 1.807) is 0 Å². The van der Waals surface area contributed by atoms with Gasteiger partial charge in [-0.25, -0.2) is 4.79 Å². The Morgan fingerprint density at radius 3 is 2.67 bits per heavy atom. The van der Waals surface area contributed by atoms with Crippen molar-refractivity contribution in [2.45, 2.75) is 51.1 Å². The minimum atomic E-state index is -0.369. The molecule has 0 radical (unpaired) electrons. The molecule has 27 heavy (non-hydrogen) atoms.